The second-order valence-corrected chi connectivity index (χ2v) is 6.53. The third-order valence-electron chi connectivity index (χ3n) is 4.02. The molecule has 0 saturated heterocycles. The highest BCUT2D eigenvalue weighted by atomic mass is 79.9. The number of rotatable bonds is 4. The minimum Gasteiger partial charge on any atom is -0.355 e. The van der Waals surface area contributed by atoms with Crippen molar-refractivity contribution in [1.82, 2.24) is 4.98 Å². The van der Waals surface area contributed by atoms with Crippen molar-refractivity contribution in [3.63, 3.8) is 0 Å². The zero-order chi connectivity index (χ0) is 14.8. The molecule has 0 aliphatic heterocycles. The third-order valence-corrected chi connectivity index (χ3v) is 4.55. The second-order valence-electron chi connectivity index (χ2n) is 5.62. The molecule has 3 rings (SSSR count). The molecule has 0 spiro atoms. The van der Waals surface area contributed by atoms with Crippen LogP contribution in [0.15, 0.2) is 34.8 Å². The molecule has 110 valence electrons. The summed E-state index contributed by atoms with van der Waals surface area (Å²) in [6.07, 6.45) is 3.46. The highest BCUT2D eigenvalue weighted by molar-refractivity contribution is 9.10. The Kier molecular flexibility index (Phi) is 4.27. The first kappa shape index (κ1) is 14.5. The average molecular weight is 346 g/mol. The van der Waals surface area contributed by atoms with Crippen molar-refractivity contribution in [2.75, 3.05) is 11.9 Å². The van der Waals surface area contributed by atoms with Gasteiger partial charge >= 0.3 is 0 Å². The molecule has 2 aromatic rings. The fourth-order valence-corrected chi connectivity index (χ4v) is 3.19. The largest absolute Gasteiger partial charge is 0.355 e. The monoisotopic (exact) mass is 345 g/mol. The number of nitrogens with two attached hydrogens (primary N) is 1. The van der Waals surface area contributed by atoms with Crippen LogP contribution < -0.4 is 10.6 Å². The average Bonchev–Trinajstić information content (AvgIpc) is 2.95. The number of nitrogens with zero attached hydrogens (tertiary/aromatic N) is 2. The van der Waals surface area contributed by atoms with E-state index in [2.05, 4.69) is 58.2 Å². The number of benzene rings is 1. The topological polar surface area (TPSA) is 42.2 Å². The summed E-state index contributed by atoms with van der Waals surface area (Å²) in [6, 6.07) is 10.7. The van der Waals surface area contributed by atoms with Gasteiger partial charge in [0.1, 0.15) is 5.82 Å². The zero-order valence-corrected chi connectivity index (χ0v) is 13.9. The van der Waals surface area contributed by atoms with E-state index in [0.29, 0.717) is 6.54 Å². The molecule has 1 aliphatic rings. The van der Waals surface area contributed by atoms with Crippen molar-refractivity contribution in [1.29, 1.82) is 0 Å². The van der Waals surface area contributed by atoms with Crippen LogP contribution in [0.1, 0.15) is 28.8 Å². The maximum Gasteiger partial charge on any atom is 0.133 e. The highest BCUT2D eigenvalue weighted by Crippen LogP contribution is 2.27. The second kappa shape index (κ2) is 6.16. The molecule has 1 heterocycles. The lowest BCUT2D eigenvalue weighted by molar-refractivity contribution is 0.859. The first-order valence-electron chi connectivity index (χ1n) is 7.34. The first-order chi connectivity index (χ1) is 10.2. The molecule has 1 aliphatic carbocycles. The molecule has 1 aromatic carbocycles. The van der Waals surface area contributed by atoms with E-state index in [1.165, 1.54) is 23.2 Å². The molecule has 21 heavy (non-hydrogen) atoms. The van der Waals surface area contributed by atoms with Crippen LogP contribution in [0.5, 0.6) is 0 Å². The predicted octanol–water partition coefficient (Wildman–Crippen LogP) is 3.43. The summed E-state index contributed by atoms with van der Waals surface area (Å²) in [7, 11) is 2.09. The molecule has 0 bridgehead atoms. The molecule has 3 nitrogen and oxygen atoms in total. The van der Waals surface area contributed by atoms with Gasteiger partial charge in [-0.1, -0.05) is 28.1 Å². The van der Waals surface area contributed by atoms with Gasteiger partial charge in [0.25, 0.3) is 0 Å². The van der Waals surface area contributed by atoms with Gasteiger partial charge in [0.15, 0.2) is 0 Å². The van der Waals surface area contributed by atoms with Crippen LogP contribution in [0.3, 0.4) is 0 Å². The molecule has 0 fully saturated rings. The molecule has 0 amide bonds. The summed E-state index contributed by atoms with van der Waals surface area (Å²) in [6.45, 7) is 1.38. The zero-order valence-electron chi connectivity index (χ0n) is 12.3. The SMILES string of the molecule is CN(Cc1ccc(Br)cc1)c1nc2c(cc1CN)CCC2. The Morgan fingerprint density at radius 2 is 2.00 bits per heavy atom. The number of hydrogen-bond donors (Lipinski definition) is 1. The Balaban J connectivity index is 1.86. The summed E-state index contributed by atoms with van der Waals surface area (Å²) < 4.78 is 1.10. The summed E-state index contributed by atoms with van der Waals surface area (Å²) in [5.41, 5.74) is 11.0. The number of fused-ring (bicyclic) bond motifs is 1. The summed E-state index contributed by atoms with van der Waals surface area (Å²) in [4.78, 5) is 7.07. The molecule has 4 heteroatoms. The maximum absolute atomic E-state index is 5.92. The Labute approximate surface area is 134 Å². The number of hydrogen-bond acceptors (Lipinski definition) is 3. The molecule has 0 radical (unpaired) electrons. The Morgan fingerprint density at radius 3 is 2.71 bits per heavy atom. The van der Waals surface area contributed by atoms with Gasteiger partial charge in [-0.15, -0.1) is 0 Å². The quantitative estimate of drug-likeness (QED) is 0.922. The lowest BCUT2D eigenvalue weighted by atomic mass is 10.1. The Hall–Kier alpha value is -1.39. The molecule has 1 aromatic heterocycles. The van der Waals surface area contributed by atoms with E-state index in [1.807, 2.05) is 0 Å². The molecular formula is C17H20BrN3. The van der Waals surface area contributed by atoms with E-state index >= 15 is 0 Å². The van der Waals surface area contributed by atoms with Gasteiger partial charge in [0, 0.05) is 35.9 Å². The van der Waals surface area contributed by atoms with Crippen LogP contribution in [0.4, 0.5) is 5.82 Å². The van der Waals surface area contributed by atoms with Crippen LogP contribution in [-0.4, -0.2) is 12.0 Å². The lowest BCUT2D eigenvalue weighted by Gasteiger charge is -2.22. The van der Waals surface area contributed by atoms with Gasteiger partial charge in [0.2, 0.25) is 0 Å². The molecule has 2 N–H and O–H groups in total. The molecule has 0 saturated carbocycles. The van der Waals surface area contributed by atoms with Gasteiger partial charge in [-0.3, -0.25) is 0 Å². The van der Waals surface area contributed by atoms with Crippen LogP contribution in [0.25, 0.3) is 0 Å². The number of anilines is 1. The summed E-state index contributed by atoms with van der Waals surface area (Å²) >= 11 is 3.47. The maximum atomic E-state index is 5.92. The smallest absolute Gasteiger partial charge is 0.133 e. The number of halogens is 1. The van der Waals surface area contributed by atoms with E-state index in [1.54, 1.807) is 0 Å². The van der Waals surface area contributed by atoms with Crippen LogP contribution in [-0.2, 0) is 25.9 Å². The van der Waals surface area contributed by atoms with Gasteiger partial charge in [0.05, 0.1) is 0 Å². The molecule has 0 atom stereocenters. The van der Waals surface area contributed by atoms with Crippen molar-refractivity contribution in [3.8, 4) is 0 Å². The van der Waals surface area contributed by atoms with Gasteiger partial charge in [-0.05, 0) is 48.6 Å². The first-order valence-corrected chi connectivity index (χ1v) is 8.14. The summed E-state index contributed by atoms with van der Waals surface area (Å²) in [5, 5.41) is 0. The Bertz CT molecular complexity index is 637. The standard InChI is InChI=1S/C17H20BrN3/c1-21(11-12-5-7-15(18)8-6-12)17-14(10-19)9-13-3-2-4-16(13)20-17/h5-9H,2-4,10-11,19H2,1H3. The minimum atomic E-state index is 0.542. The highest BCUT2D eigenvalue weighted by Gasteiger charge is 2.17. The van der Waals surface area contributed by atoms with Crippen LogP contribution in [0, 0.1) is 0 Å². The van der Waals surface area contributed by atoms with Crippen molar-refractivity contribution < 1.29 is 0 Å². The number of aromatic nitrogens is 1. The van der Waals surface area contributed by atoms with E-state index in [-0.39, 0.29) is 0 Å². The van der Waals surface area contributed by atoms with Crippen molar-refractivity contribution in [2.24, 2.45) is 5.73 Å². The summed E-state index contributed by atoms with van der Waals surface area (Å²) in [5.74, 6) is 1.03. The van der Waals surface area contributed by atoms with Crippen molar-refractivity contribution in [2.45, 2.75) is 32.4 Å². The van der Waals surface area contributed by atoms with Gasteiger partial charge < -0.3 is 10.6 Å². The normalized spacial score (nSPS) is 13.3. The lowest BCUT2D eigenvalue weighted by Crippen LogP contribution is -2.21. The van der Waals surface area contributed by atoms with E-state index in [9.17, 15) is 0 Å². The third kappa shape index (κ3) is 3.11. The minimum absolute atomic E-state index is 0.542. The van der Waals surface area contributed by atoms with E-state index in [0.717, 1.165) is 35.2 Å². The Morgan fingerprint density at radius 1 is 1.24 bits per heavy atom. The van der Waals surface area contributed by atoms with Gasteiger partial charge in [-0.2, -0.15) is 0 Å². The van der Waals surface area contributed by atoms with Gasteiger partial charge in [-0.25, -0.2) is 4.98 Å². The van der Waals surface area contributed by atoms with Crippen LogP contribution in [0.2, 0.25) is 0 Å². The van der Waals surface area contributed by atoms with Crippen molar-refractivity contribution >= 4 is 21.7 Å². The van der Waals surface area contributed by atoms with Crippen molar-refractivity contribution in [3.05, 3.63) is 57.2 Å². The number of aryl methyl sites for hydroxylation is 2. The molecular weight excluding hydrogens is 326 g/mol. The molecule has 0 unspecified atom stereocenters. The predicted molar refractivity (Wildman–Crippen MR) is 90.4 cm³/mol. The van der Waals surface area contributed by atoms with E-state index < -0.39 is 0 Å². The number of pyridine rings is 1. The van der Waals surface area contributed by atoms with E-state index in [4.69, 9.17) is 10.7 Å². The fourth-order valence-electron chi connectivity index (χ4n) is 2.93. The van der Waals surface area contributed by atoms with Crippen LogP contribution >= 0.6 is 15.9 Å². The fraction of sp³-hybridized carbons (Fsp3) is 0.353.